The molecule has 0 bridgehead atoms. The van der Waals surface area contributed by atoms with E-state index in [0.717, 1.165) is 31.5 Å². The molecule has 0 aliphatic carbocycles. The van der Waals surface area contributed by atoms with Crippen LogP contribution in [-0.4, -0.2) is 24.0 Å². The van der Waals surface area contributed by atoms with Crippen molar-refractivity contribution in [2.75, 3.05) is 13.7 Å². The maximum absolute atomic E-state index is 6.38. The summed E-state index contributed by atoms with van der Waals surface area (Å²) in [6, 6.07) is 3.93. The first-order chi connectivity index (χ1) is 8.72. The van der Waals surface area contributed by atoms with Crippen molar-refractivity contribution in [1.29, 1.82) is 0 Å². The Hall–Kier alpha value is -0.800. The van der Waals surface area contributed by atoms with Gasteiger partial charge in [0.2, 0.25) is 5.88 Å². The molecule has 102 valence electrons. The maximum atomic E-state index is 6.38. The normalized spacial score (nSPS) is 12.7. The minimum Gasteiger partial charge on any atom is -0.481 e. The van der Waals surface area contributed by atoms with Gasteiger partial charge in [0.25, 0.3) is 0 Å². The second kappa shape index (κ2) is 8.33. The third-order valence-corrected chi connectivity index (χ3v) is 3.77. The second-order valence-electron chi connectivity index (χ2n) is 4.40. The zero-order chi connectivity index (χ0) is 13.4. The van der Waals surface area contributed by atoms with Crippen LogP contribution in [0.3, 0.4) is 0 Å². The van der Waals surface area contributed by atoms with Crippen LogP contribution in [0.2, 0.25) is 0 Å². The van der Waals surface area contributed by atoms with Crippen molar-refractivity contribution in [3.05, 3.63) is 23.9 Å². The molecule has 1 atom stereocenters. The molecule has 0 spiro atoms. The lowest BCUT2D eigenvalue weighted by Gasteiger charge is -2.19. The van der Waals surface area contributed by atoms with Crippen molar-refractivity contribution in [1.82, 2.24) is 10.3 Å². The molecule has 1 rings (SSSR count). The van der Waals surface area contributed by atoms with Gasteiger partial charge >= 0.3 is 0 Å². The molecule has 1 aromatic heterocycles. The van der Waals surface area contributed by atoms with Gasteiger partial charge in [0.15, 0.2) is 0 Å². The maximum Gasteiger partial charge on any atom is 0.217 e. The average Bonchev–Trinajstić information content (AvgIpc) is 2.40. The molecular formula is C14H23ClN2O. The van der Waals surface area contributed by atoms with Crippen LogP contribution in [-0.2, 0) is 6.54 Å². The van der Waals surface area contributed by atoms with Crippen LogP contribution in [0.25, 0.3) is 0 Å². The van der Waals surface area contributed by atoms with Crippen molar-refractivity contribution in [2.24, 2.45) is 5.92 Å². The molecule has 1 aromatic rings. The third kappa shape index (κ3) is 4.46. The van der Waals surface area contributed by atoms with Gasteiger partial charge in [-0.1, -0.05) is 32.8 Å². The molecule has 1 unspecified atom stereocenters. The molecule has 0 aliphatic rings. The van der Waals surface area contributed by atoms with E-state index in [0.29, 0.717) is 11.8 Å². The lowest BCUT2D eigenvalue weighted by Crippen LogP contribution is -2.28. The van der Waals surface area contributed by atoms with Crippen molar-refractivity contribution < 1.29 is 4.74 Å². The summed E-state index contributed by atoms with van der Waals surface area (Å²) in [5, 5.41) is 3.56. The molecule has 0 saturated carbocycles. The standard InChI is InChI=1S/C14H23ClN2O/c1-4-11(5-2)13(15)10-16-9-12-7-6-8-17-14(12)18-3/h6-8,11,13,16H,4-5,9-10H2,1-3H3. The summed E-state index contributed by atoms with van der Waals surface area (Å²) in [6.07, 6.45) is 3.99. The molecular weight excluding hydrogens is 248 g/mol. The Kier molecular flexibility index (Phi) is 7.06. The number of alkyl halides is 1. The predicted octanol–water partition coefficient (Wildman–Crippen LogP) is 3.22. The molecule has 0 saturated heterocycles. The van der Waals surface area contributed by atoms with Gasteiger partial charge in [-0.15, -0.1) is 11.6 Å². The lowest BCUT2D eigenvalue weighted by atomic mass is 9.99. The largest absolute Gasteiger partial charge is 0.481 e. The number of aromatic nitrogens is 1. The molecule has 0 aliphatic heterocycles. The quantitative estimate of drug-likeness (QED) is 0.737. The highest BCUT2D eigenvalue weighted by Crippen LogP contribution is 2.18. The average molecular weight is 271 g/mol. The monoisotopic (exact) mass is 270 g/mol. The fraction of sp³-hybridized carbons (Fsp3) is 0.643. The van der Waals surface area contributed by atoms with E-state index in [9.17, 15) is 0 Å². The Morgan fingerprint density at radius 2 is 2.11 bits per heavy atom. The molecule has 1 N–H and O–H groups in total. The Morgan fingerprint density at radius 1 is 1.39 bits per heavy atom. The SMILES string of the molecule is CCC(CC)C(Cl)CNCc1cccnc1OC. The topological polar surface area (TPSA) is 34.2 Å². The predicted molar refractivity (Wildman–Crippen MR) is 76.2 cm³/mol. The summed E-state index contributed by atoms with van der Waals surface area (Å²) in [5.41, 5.74) is 1.06. The molecule has 3 nitrogen and oxygen atoms in total. The first-order valence-electron chi connectivity index (χ1n) is 6.55. The Balaban J connectivity index is 2.41. The summed E-state index contributed by atoms with van der Waals surface area (Å²) < 4.78 is 5.21. The van der Waals surface area contributed by atoms with Gasteiger partial charge in [0, 0.05) is 30.2 Å². The van der Waals surface area contributed by atoms with E-state index in [-0.39, 0.29) is 5.38 Å². The van der Waals surface area contributed by atoms with Gasteiger partial charge in [0.05, 0.1) is 7.11 Å². The van der Waals surface area contributed by atoms with E-state index in [1.165, 1.54) is 0 Å². The summed E-state index contributed by atoms with van der Waals surface area (Å²) in [5.74, 6) is 1.26. The van der Waals surface area contributed by atoms with Gasteiger partial charge < -0.3 is 10.1 Å². The first-order valence-corrected chi connectivity index (χ1v) is 6.99. The van der Waals surface area contributed by atoms with Crippen molar-refractivity contribution >= 4 is 11.6 Å². The Labute approximate surface area is 115 Å². The van der Waals surface area contributed by atoms with Crippen LogP contribution in [0.4, 0.5) is 0 Å². The molecule has 0 amide bonds. The summed E-state index contributed by atoms with van der Waals surface area (Å²) in [7, 11) is 1.64. The number of nitrogens with one attached hydrogen (secondary N) is 1. The highest BCUT2D eigenvalue weighted by Gasteiger charge is 2.15. The van der Waals surface area contributed by atoms with Crippen LogP contribution < -0.4 is 10.1 Å². The number of ether oxygens (including phenoxy) is 1. The van der Waals surface area contributed by atoms with Gasteiger partial charge in [0.1, 0.15) is 0 Å². The van der Waals surface area contributed by atoms with Gasteiger partial charge in [-0.3, -0.25) is 0 Å². The number of hydrogen-bond acceptors (Lipinski definition) is 3. The summed E-state index contributed by atoms with van der Waals surface area (Å²) in [6.45, 7) is 5.92. The number of methoxy groups -OCH3 is 1. The Morgan fingerprint density at radius 3 is 2.72 bits per heavy atom. The number of hydrogen-bond donors (Lipinski definition) is 1. The van der Waals surface area contributed by atoms with E-state index in [4.69, 9.17) is 16.3 Å². The molecule has 4 heteroatoms. The smallest absolute Gasteiger partial charge is 0.217 e. The van der Waals surface area contributed by atoms with Crippen molar-refractivity contribution in [3.63, 3.8) is 0 Å². The van der Waals surface area contributed by atoms with Crippen LogP contribution in [0.5, 0.6) is 5.88 Å². The van der Waals surface area contributed by atoms with Gasteiger partial charge in [-0.05, 0) is 12.0 Å². The number of halogens is 1. The van der Waals surface area contributed by atoms with Crippen LogP contribution >= 0.6 is 11.6 Å². The zero-order valence-electron chi connectivity index (χ0n) is 11.4. The fourth-order valence-electron chi connectivity index (χ4n) is 2.05. The summed E-state index contributed by atoms with van der Waals surface area (Å²) >= 11 is 6.38. The summed E-state index contributed by atoms with van der Waals surface area (Å²) in [4.78, 5) is 4.17. The van der Waals surface area contributed by atoms with E-state index in [2.05, 4.69) is 24.1 Å². The van der Waals surface area contributed by atoms with Crippen LogP contribution in [0.15, 0.2) is 18.3 Å². The highest BCUT2D eigenvalue weighted by molar-refractivity contribution is 6.21. The minimum atomic E-state index is 0.183. The molecule has 1 heterocycles. The second-order valence-corrected chi connectivity index (χ2v) is 4.96. The van der Waals surface area contributed by atoms with Gasteiger partial charge in [-0.2, -0.15) is 0 Å². The number of nitrogens with zero attached hydrogens (tertiary/aromatic N) is 1. The van der Waals surface area contributed by atoms with Crippen LogP contribution in [0, 0.1) is 5.92 Å². The molecule has 18 heavy (non-hydrogen) atoms. The van der Waals surface area contributed by atoms with Crippen molar-refractivity contribution in [2.45, 2.75) is 38.6 Å². The lowest BCUT2D eigenvalue weighted by molar-refractivity contribution is 0.389. The first kappa shape index (κ1) is 15.3. The highest BCUT2D eigenvalue weighted by atomic mass is 35.5. The van der Waals surface area contributed by atoms with E-state index in [1.54, 1.807) is 13.3 Å². The fourth-order valence-corrected chi connectivity index (χ4v) is 2.52. The zero-order valence-corrected chi connectivity index (χ0v) is 12.2. The van der Waals surface area contributed by atoms with E-state index < -0.39 is 0 Å². The third-order valence-electron chi connectivity index (χ3n) is 3.26. The Bertz CT molecular complexity index is 342. The van der Waals surface area contributed by atoms with Gasteiger partial charge in [-0.25, -0.2) is 4.98 Å². The van der Waals surface area contributed by atoms with E-state index >= 15 is 0 Å². The van der Waals surface area contributed by atoms with E-state index in [1.807, 2.05) is 12.1 Å². The molecule has 0 fully saturated rings. The van der Waals surface area contributed by atoms with Crippen LogP contribution in [0.1, 0.15) is 32.3 Å². The minimum absolute atomic E-state index is 0.183. The number of pyridine rings is 1. The molecule has 0 radical (unpaired) electrons. The molecule has 0 aromatic carbocycles. The van der Waals surface area contributed by atoms with Crippen molar-refractivity contribution in [3.8, 4) is 5.88 Å². The number of rotatable bonds is 8.